The second-order valence-electron chi connectivity index (χ2n) is 1.77. The highest BCUT2D eigenvalue weighted by atomic mass is 16.4. The first-order chi connectivity index (χ1) is 4.09. The molecule has 0 radical (unpaired) electrons. The van der Waals surface area contributed by atoms with Crippen molar-refractivity contribution in [1.82, 2.24) is 0 Å². The summed E-state index contributed by atoms with van der Waals surface area (Å²) in [4.78, 5) is 10.0. The van der Waals surface area contributed by atoms with Crippen molar-refractivity contribution < 1.29 is 15.0 Å². The van der Waals surface area contributed by atoms with Crippen molar-refractivity contribution in [2.24, 2.45) is 0 Å². The molecule has 0 aromatic carbocycles. The summed E-state index contributed by atoms with van der Waals surface area (Å²) in [5, 5.41) is 16.9. The number of carboxylic acids is 1. The molecule has 0 saturated heterocycles. The molecule has 3 nitrogen and oxygen atoms in total. The van der Waals surface area contributed by atoms with Gasteiger partial charge in [0.25, 0.3) is 0 Å². The van der Waals surface area contributed by atoms with Gasteiger partial charge in [-0.2, -0.15) is 0 Å². The van der Waals surface area contributed by atoms with Crippen LogP contribution >= 0.6 is 0 Å². The van der Waals surface area contributed by atoms with E-state index in [0.717, 1.165) is 0 Å². The lowest BCUT2D eigenvalue weighted by atomic mass is 10.2. The van der Waals surface area contributed by atoms with Crippen LogP contribution in [-0.2, 0) is 4.79 Å². The highest BCUT2D eigenvalue weighted by Gasteiger charge is 2.13. The van der Waals surface area contributed by atoms with Crippen LogP contribution in [0.4, 0.5) is 0 Å². The van der Waals surface area contributed by atoms with Gasteiger partial charge in [-0.15, -0.1) is 0 Å². The highest BCUT2D eigenvalue weighted by molar-refractivity contribution is 5.75. The number of carboxylic acid groups (broad SMARTS) is 1. The number of aliphatic carboxylic acids is 1. The van der Waals surface area contributed by atoms with E-state index in [1.165, 1.54) is 0 Å². The van der Waals surface area contributed by atoms with Crippen LogP contribution in [0.1, 0.15) is 13.8 Å². The molecular weight excluding hydrogens is 120 g/mol. The van der Waals surface area contributed by atoms with E-state index >= 15 is 0 Å². The largest absolute Gasteiger partial charge is 0.479 e. The van der Waals surface area contributed by atoms with Crippen molar-refractivity contribution >= 4 is 5.97 Å². The molecule has 2 N–H and O–H groups in total. The maximum atomic E-state index is 10.0. The molecule has 0 aliphatic carbocycles. The van der Waals surface area contributed by atoms with Crippen LogP contribution in [0.15, 0.2) is 11.6 Å². The van der Waals surface area contributed by atoms with E-state index in [9.17, 15) is 4.79 Å². The Morgan fingerprint density at radius 1 is 1.67 bits per heavy atom. The molecule has 0 bridgehead atoms. The van der Waals surface area contributed by atoms with E-state index in [0.29, 0.717) is 5.57 Å². The smallest absolute Gasteiger partial charge is 0.336 e. The Balaban J connectivity index is 4.04. The Bertz CT molecular complexity index is 137. The zero-order chi connectivity index (χ0) is 7.44. The van der Waals surface area contributed by atoms with Gasteiger partial charge in [-0.1, -0.05) is 6.08 Å². The average Bonchev–Trinajstić information content (AvgIpc) is 1.84. The predicted molar refractivity (Wildman–Crippen MR) is 33.1 cm³/mol. The van der Waals surface area contributed by atoms with Crippen molar-refractivity contribution in [2.45, 2.75) is 20.0 Å². The molecule has 0 amide bonds. The third-order valence-electron chi connectivity index (χ3n) is 1.12. The maximum Gasteiger partial charge on any atom is 0.336 e. The van der Waals surface area contributed by atoms with Gasteiger partial charge in [0.1, 0.15) is 0 Å². The summed E-state index contributed by atoms with van der Waals surface area (Å²) < 4.78 is 0. The molecule has 0 aromatic rings. The van der Waals surface area contributed by atoms with Crippen molar-refractivity contribution in [3.8, 4) is 0 Å². The lowest BCUT2D eigenvalue weighted by molar-refractivity contribution is -0.144. The van der Waals surface area contributed by atoms with Gasteiger partial charge in [0.05, 0.1) is 0 Å². The van der Waals surface area contributed by atoms with Crippen LogP contribution in [0.25, 0.3) is 0 Å². The van der Waals surface area contributed by atoms with E-state index in [1.54, 1.807) is 19.9 Å². The highest BCUT2D eigenvalue weighted by Crippen LogP contribution is 1.99. The summed E-state index contributed by atoms with van der Waals surface area (Å²) in [5.41, 5.74) is 0.461. The minimum atomic E-state index is -1.34. The molecule has 0 spiro atoms. The number of aliphatic hydroxyl groups excluding tert-OH is 1. The Labute approximate surface area is 53.6 Å². The number of allylic oxidation sites excluding steroid dienone is 1. The van der Waals surface area contributed by atoms with Crippen LogP contribution < -0.4 is 0 Å². The molecule has 0 fully saturated rings. The SMILES string of the molecule is C/C=C(\C)C(O)C(=O)O. The van der Waals surface area contributed by atoms with Crippen LogP contribution in [0.2, 0.25) is 0 Å². The van der Waals surface area contributed by atoms with Gasteiger partial charge >= 0.3 is 5.97 Å². The molecule has 1 unspecified atom stereocenters. The zero-order valence-corrected chi connectivity index (χ0v) is 5.46. The number of hydrogen-bond acceptors (Lipinski definition) is 2. The van der Waals surface area contributed by atoms with Crippen LogP contribution in [0.3, 0.4) is 0 Å². The number of hydrogen-bond donors (Lipinski definition) is 2. The standard InChI is InChI=1S/C6H10O3/c1-3-4(2)5(7)6(8)9/h3,5,7H,1-2H3,(H,8,9)/b4-3+. The first kappa shape index (κ1) is 8.17. The third-order valence-corrected chi connectivity index (χ3v) is 1.12. The molecule has 0 heterocycles. The minimum Gasteiger partial charge on any atom is -0.479 e. The second-order valence-corrected chi connectivity index (χ2v) is 1.77. The van der Waals surface area contributed by atoms with Crippen LogP contribution in [-0.4, -0.2) is 22.3 Å². The fraction of sp³-hybridized carbons (Fsp3) is 0.500. The van der Waals surface area contributed by atoms with Crippen molar-refractivity contribution in [2.75, 3.05) is 0 Å². The zero-order valence-electron chi connectivity index (χ0n) is 5.46. The average molecular weight is 130 g/mol. The predicted octanol–water partition coefficient (Wildman–Crippen LogP) is 0.398. The third kappa shape index (κ3) is 2.28. The molecule has 0 saturated carbocycles. The quantitative estimate of drug-likeness (QED) is 0.532. The Morgan fingerprint density at radius 3 is 2.22 bits per heavy atom. The molecule has 52 valence electrons. The fourth-order valence-electron chi connectivity index (χ4n) is 0.353. The topological polar surface area (TPSA) is 57.5 Å². The van der Waals surface area contributed by atoms with E-state index in [1.807, 2.05) is 0 Å². The Morgan fingerprint density at radius 2 is 2.11 bits per heavy atom. The lowest BCUT2D eigenvalue weighted by Crippen LogP contribution is -2.20. The minimum absolute atomic E-state index is 0.461. The Hall–Kier alpha value is -0.830. The second kappa shape index (κ2) is 3.25. The normalized spacial score (nSPS) is 15.2. The fourth-order valence-corrected chi connectivity index (χ4v) is 0.353. The number of rotatable bonds is 2. The summed E-state index contributed by atoms with van der Waals surface area (Å²) in [6.45, 7) is 3.25. The summed E-state index contributed by atoms with van der Waals surface area (Å²) in [7, 11) is 0. The van der Waals surface area contributed by atoms with E-state index in [4.69, 9.17) is 10.2 Å². The molecular formula is C6H10O3. The summed E-state index contributed by atoms with van der Waals surface area (Å²) in [6.07, 6.45) is 0.230. The van der Waals surface area contributed by atoms with Gasteiger partial charge in [0, 0.05) is 0 Å². The van der Waals surface area contributed by atoms with Gasteiger partial charge in [-0.05, 0) is 19.4 Å². The summed E-state index contributed by atoms with van der Waals surface area (Å²) in [5.74, 6) is -1.20. The molecule has 0 aromatic heterocycles. The molecule has 1 atom stereocenters. The van der Waals surface area contributed by atoms with Crippen LogP contribution in [0.5, 0.6) is 0 Å². The van der Waals surface area contributed by atoms with Gasteiger partial charge in [0.15, 0.2) is 6.10 Å². The van der Waals surface area contributed by atoms with Crippen molar-refractivity contribution in [3.05, 3.63) is 11.6 Å². The van der Waals surface area contributed by atoms with Crippen molar-refractivity contribution in [3.63, 3.8) is 0 Å². The van der Waals surface area contributed by atoms with Gasteiger partial charge in [0.2, 0.25) is 0 Å². The maximum absolute atomic E-state index is 10.0. The van der Waals surface area contributed by atoms with E-state index in [-0.39, 0.29) is 0 Å². The summed E-state index contributed by atoms with van der Waals surface area (Å²) in [6, 6.07) is 0. The van der Waals surface area contributed by atoms with E-state index in [2.05, 4.69) is 0 Å². The first-order valence-corrected chi connectivity index (χ1v) is 2.63. The molecule has 3 heteroatoms. The van der Waals surface area contributed by atoms with Gasteiger partial charge < -0.3 is 10.2 Å². The summed E-state index contributed by atoms with van der Waals surface area (Å²) >= 11 is 0. The number of aliphatic hydroxyl groups is 1. The molecule has 9 heavy (non-hydrogen) atoms. The van der Waals surface area contributed by atoms with Crippen LogP contribution in [0, 0.1) is 0 Å². The molecule has 0 rings (SSSR count). The molecule has 0 aliphatic rings. The monoisotopic (exact) mass is 130 g/mol. The first-order valence-electron chi connectivity index (χ1n) is 2.63. The molecule has 0 aliphatic heterocycles. The number of carbonyl (C=O) groups is 1. The van der Waals surface area contributed by atoms with Crippen molar-refractivity contribution in [1.29, 1.82) is 0 Å². The van der Waals surface area contributed by atoms with E-state index < -0.39 is 12.1 Å². The Kier molecular flexibility index (Phi) is 2.95. The lowest BCUT2D eigenvalue weighted by Gasteiger charge is -2.02. The van der Waals surface area contributed by atoms with Gasteiger partial charge in [-0.25, -0.2) is 4.79 Å². The van der Waals surface area contributed by atoms with Gasteiger partial charge in [-0.3, -0.25) is 0 Å².